The number of aromatic nitrogens is 8. The molecule has 4 atom stereocenters. The highest BCUT2D eigenvalue weighted by atomic mass is 16.6. The van der Waals surface area contributed by atoms with Gasteiger partial charge in [-0.25, -0.2) is 39.9 Å². The van der Waals surface area contributed by atoms with Gasteiger partial charge in [0.05, 0.1) is 44.1 Å². The first-order valence-corrected chi connectivity index (χ1v) is 34.5. The minimum atomic E-state index is -0.387. The van der Waals surface area contributed by atoms with Crippen LogP contribution in [-0.4, -0.2) is 39.9 Å². The van der Waals surface area contributed by atoms with Gasteiger partial charge < -0.3 is 37.9 Å². The molecule has 0 saturated carbocycles. The third kappa shape index (κ3) is 10.8. The largest absolute Gasteiger partial charge is 0.434 e. The van der Waals surface area contributed by atoms with Gasteiger partial charge in [0.15, 0.2) is 11.5 Å². The molecule has 9 bridgehead atoms. The quantitative estimate of drug-likeness (QED) is 0.0834. The highest BCUT2D eigenvalue weighted by molar-refractivity contribution is 5.80. The molecule has 0 N–H and O–H groups in total. The van der Waals surface area contributed by atoms with Crippen molar-refractivity contribution in [2.45, 2.75) is 154 Å². The van der Waals surface area contributed by atoms with Crippen LogP contribution < -0.4 is 37.9 Å². The van der Waals surface area contributed by atoms with Gasteiger partial charge in [0.2, 0.25) is 0 Å². The van der Waals surface area contributed by atoms with E-state index in [9.17, 15) is 0 Å². The number of unbranched alkanes of at least 4 members (excludes halogenated alkanes) is 8. The number of ether oxygens (including phenoxy) is 8. The van der Waals surface area contributed by atoms with Crippen molar-refractivity contribution in [3.05, 3.63) is 190 Å². The summed E-state index contributed by atoms with van der Waals surface area (Å²) in [6.07, 6.45) is 14.5. The fraction of sp³-hybridized carbons (Fsp3) is 0.300. The predicted octanol–water partition coefficient (Wildman–Crippen LogP) is 22.2. The molecular formula is C80H72N8O8. The number of benzene rings is 8. The van der Waals surface area contributed by atoms with Crippen molar-refractivity contribution in [1.82, 2.24) is 39.9 Å². The minimum absolute atomic E-state index is 0.142. The number of nitrogens with zero attached hydrogens (tertiary/aromatic N) is 8. The van der Waals surface area contributed by atoms with E-state index in [-0.39, 0.29) is 70.7 Å². The Balaban J connectivity index is 1.06. The van der Waals surface area contributed by atoms with Gasteiger partial charge in [0.25, 0.3) is 47.0 Å². The minimum Gasteiger partial charge on any atom is -0.434 e. The molecule has 8 aromatic carbocycles. The van der Waals surface area contributed by atoms with Gasteiger partial charge in [0.1, 0.15) is 34.5 Å². The SMILES string of the molecule is CCCCCC1c2cc3c4c(c2)C(CCCCC)c2cc5c(cc2Oc2nc6ccccc6nc2O4)Oc2nc4ccccc4nc2Oc2cc4c(cc2C5CCCCC)C(CCCCC)c2cc1c(cc2Oc1nc2ccccc2nc1O4)Oc1nc2ccccc2nc1O3. The second-order valence-electron chi connectivity index (χ2n) is 26.0. The van der Waals surface area contributed by atoms with Crippen LogP contribution in [0.4, 0.5) is 0 Å². The maximum atomic E-state index is 7.51. The van der Waals surface area contributed by atoms with Crippen LogP contribution in [0.15, 0.2) is 146 Å². The Bertz CT molecular complexity index is 5020. The Morgan fingerprint density at radius 1 is 0.240 bits per heavy atom. The molecule has 0 spiro atoms. The van der Waals surface area contributed by atoms with Gasteiger partial charge in [-0.2, -0.15) is 0 Å². The summed E-state index contributed by atoms with van der Waals surface area (Å²) in [6, 6.07) is 48.8. The average molecular weight is 1270 g/mol. The molecule has 4 aromatic heterocycles. The normalized spacial score (nSPS) is 16.6. The summed E-state index contributed by atoms with van der Waals surface area (Å²) in [7, 11) is 0. The van der Waals surface area contributed by atoms with Crippen molar-refractivity contribution >= 4 is 44.1 Å². The lowest BCUT2D eigenvalue weighted by Gasteiger charge is -2.31. The molecule has 96 heavy (non-hydrogen) atoms. The van der Waals surface area contributed by atoms with Crippen LogP contribution in [0.3, 0.4) is 0 Å². The molecule has 16 nitrogen and oxygen atoms in total. The first-order valence-electron chi connectivity index (χ1n) is 34.5. The van der Waals surface area contributed by atoms with Gasteiger partial charge in [-0.15, -0.1) is 0 Å². The van der Waals surface area contributed by atoms with Gasteiger partial charge in [-0.05, 0) is 104 Å². The molecule has 17 rings (SSSR count). The zero-order valence-corrected chi connectivity index (χ0v) is 54.3. The predicted molar refractivity (Wildman–Crippen MR) is 368 cm³/mol. The third-order valence-electron chi connectivity index (χ3n) is 19.6. The summed E-state index contributed by atoms with van der Waals surface area (Å²) in [5, 5.41) is 0. The molecule has 12 aromatic rings. The second kappa shape index (κ2) is 25.0. The Hall–Kier alpha value is -10.5. The molecule has 0 amide bonds. The lowest BCUT2D eigenvalue weighted by atomic mass is 9.76. The third-order valence-corrected chi connectivity index (χ3v) is 19.6. The molecule has 0 saturated heterocycles. The Kier molecular flexibility index (Phi) is 15.4. The van der Waals surface area contributed by atoms with E-state index in [1.54, 1.807) is 0 Å². The maximum absolute atomic E-state index is 7.51. The molecule has 8 heterocycles. The Morgan fingerprint density at radius 2 is 0.479 bits per heavy atom. The summed E-state index contributed by atoms with van der Waals surface area (Å²) in [6.45, 7) is 9.00. The van der Waals surface area contributed by atoms with Gasteiger partial charge in [-0.1, -0.05) is 159 Å². The first-order chi connectivity index (χ1) is 47.3. The van der Waals surface area contributed by atoms with E-state index >= 15 is 0 Å². The molecule has 4 aliphatic heterocycles. The lowest BCUT2D eigenvalue weighted by molar-refractivity contribution is 0.355. The van der Waals surface area contributed by atoms with Crippen LogP contribution >= 0.6 is 0 Å². The molecule has 16 heteroatoms. The van der Waals surface area contributed by atoms with E-state index in [0.717, 1.165) is 141 Å². The highest BCUT2D eigenvalue weighted by Gasteiger charge is 2.40. The van der Waals surface area contributed by atoms with Crippen LogP contribution in [-0.2, 0) is 0 Å². The maximum Gasteiger partial charge on any atom is 0.284 e. The topological polar surface area (TPSA) is 177 Å². The number of para-hydroxylation sites is 8. The standard InChI is InChI=1S/C80H72N8O8/c1-5-9-13-25-46-45-37-56-49(28-16-12-8-4)55-41-54-48(27-15-11-7-3)53-40-52-47(26-14-10-6-2)51-39-50(46)65-42-66(51)90-73-74(82-58-30-18-17-29-57(58)81-73)91-67(52)43-68(53)92-75-76(84-60-32-20-19-31-59(60)83-75)93-69(54)44-70(55)94-79-80(88-64-36-24-23-35-63(64)87-79)96-72(56)71(38-45)95-78-77(89-65)85-61-33-21-22-34-62(61)86-78/h17-24,29-44,46-49H,5-16,25-28H2,1-4H3. The Labute approximate surface area is 556 Å². The summed E-state index contributed by atoms with van der Waals surface area (Å²) in [5.41, 5.74) is 12.6. The highest BCUT2D eigenvalue weighted by Crippen LogP contribution is 2.59. The smallest absolute Gasteiger partial charge is 0.284 e. The van der Waals surface area contributed by atoms with Crippen molar-refractivity contribution in [3.8, 4) is 93.0 Å². The van der Waals surface area contributed by atoms with E-state index in [0.29, 0.717) is 96.6 Å². The fourth-order valence-corrected chi connectivity index (χ4v) is 14.8. The van der Waals surface area contributed by atoms with Gasteiger partial charge >= 0.3 is 0 Å². The monoisotopic (exact) mass is 1270 g/mol. The van der Waals surface area contributed by atoms with Crippen molar-refractivity contribution in [1.29, 1.82) is 0 Å². The van der Waals surface area contributed by atoms with Gasteiger partial charge in [-0.3, -0.25) is 0 Å². The average Bonchev–Trinajstić information content (AvgIpc) is 1.28. The summed E-state index contributed by atoms with van der Waals surface area (Å²) in [4.78, 5) is 42.1. The van der Waals surface area contributed by atoms with Crippen molar-refractivity contribution in [2.75, 3.05) is 0 Å². The molecule has 0 fully saturated rings. The second-order valence-corrected chi connectivity index (χ2v) is 26.0. The van der Waals surface area contributed by atoms with Crippen LogP contribution in [0.2, 0.25) is 0 Å². The molecule has 0 radical (unpaired) electrons. The van der Waals surface area contributed by atoms with E-state index in [1.165, 1.54) is 0 Å². The van der Waals surface area contributed by atoms with Crippen LogP contribution in [0.5, 0.6) is 93.0 Å². The summed E-state index contributed by atoms with van der Waals surface area (Å²) < 4.78 is 59.6. The number of fused-ring (bicyclic) bond motifs is 10. The number of rotatable bonds is 16. The van der Waals surface area contributed by atoms with E-state index in [1.807, 2.05) is 115 Å². The molecule has 5 aliphatic rings. The molecular weight excluding hydrogens is 1200 g/mol. The zero-order valence-electron chi connectivity index (χ0n) is 54.3. The van der Waals surface area contributed by atoms with Crippen LogP contribution in [0, 0.1) is 0 Å². The molecule has 480 valence electrons. The van der Waals surface area contributed by atoms with Crippen molar-refractivity contribution in [2.24, 2.45) is 0 Å². The van der Waals surface area contributed by atoms with E-state index < -0.39 is 0 Å². The summed E-state index contributed by atoms with van der Waals surface area (Å²) in [5.74, 6) is 4.09. The van der Waals surface area contributed by atoms with E-state index in [4.69, 9.17) is 77.8 Å². The van der Waals surface area contributed by atoms with Crippen molar-refractivity contribution in [3.63, 3.8) is 0 Å². The fourth-order valence-electron chi connectivity index (χ4n) is 14.8. The Morgan fingerprint density at radius 3 is 0.760 bits per heavy atom. The lowest BCUT2D eigenvalue weighted by Crippen LogP contribution is -2.14. The molecule has 4 unspecified atom stereocenters. The number of hydrogen-bond donors (Lipinski definition) is 0. The van der Waals surface area contributed by atoms with Crippen molar-refractivity contribution < 1.29 is 37.9 Å². The summed E-state index contributed by atoms with van der Waals surface area (Å²) >= 11 is 0. The zero-order chi connectivity index (χ0) is 64.4. The van der Waals surface area contributed by atoms with Crippen LogP contribution in [0.1, 0.15) is 199 Å². The molecule has 1 aliphatic carbocycles. The number of hydrogen-bond acceptors (Lipinski definition) is 16. The van der Waals surface area contributed by atoms with E-state index in [2.05, 4.69) is 58.0 Å². The van der Waals surface area contributed by atoms with Crippen LogP contribution in [0.25, 0.3) is 44.1 Å². The first kappa shape index (κ1) is 59.3. The van der Waals surface area contributed by atoms with Gasteiger partial charge in [0, 0.05) is 80.8 Å².